The van der Waals surface area contributed by atoms with Crippen LogP contribution in [0.4, 0.5) is 5.69 Å². The van der Waals surface area contributed by atoms with Gasteiger partial charge in [0.2, 0.25) is 41.4 Å². The zero-order valence-corrected chi connectivity index (χ0v) is 50.4. The topological polar surface area (TPSA) is 510 Å². The second-order valence-electron chi connectivity index (χ2n) is 22.3. The lowest BCUT2D eigenvalue weighted by atomic mass is 9.89. The molecule has 0 spiro atoms. The smallest absolute Gasteiger partial charge is 0.336 e. The van der Waals surface area contributed by atoms with Crippen molar-refractivity contribution >= 4 is 113 Å². The largest absolute Gasteiger partial charge is 0.478 e. The average Bonchev–Trinajstić information content (AvgIpc) is 0.927. The lowest BCUT2D eigenvalue weighted by Gasteiger charge is -2.31. The van der Waals surface area contributed by atoms with Gasteiger partial charge in [-0.1, -0.05) is 24.3 Å². The minimum atomic E-state index is -5.36. The van der Waals surface area contributed by atoms with Crippen LogP contribution in [0, 0.1) is 5.41 Å². The maximum Gasteiger partial charge on any atom is 0.336 e. The maximum absolute atomic E-state index is 15.0. The Morgan fingerprint density at radius 3 is 2.12 bits per heavy atom. The molecule has 0 saturated carbocycles. The highest BCUT2D eigenvalue weighted by atomic mass is 32.2. The predicted octanol–water partition coefficient (Wildman–Crippen LogP) is -1.54. The number of carboxylic acids is 1. The number of aliphatic hydroxyl groups is 3. The summed E-state index contributed by atoms with van der Waals surface area (Å²) < 4.78 is 77.0. The number of carboxylic acid groups (broad SMARTS) is 1. The van der Waals surface area contributed by atoms with Crippen molar-refractivity contribution in [2.24, 2.45) is 0 Å². The Labute approximate surface area is 514 Å². The first-order valence-corrected chi connectivity index (χ1v) is 31.4. The van der Waals surface area contributed by atoms with Crippen molar-refractivity contribution in [1.29, 1.82) is 5.41 Å². The van der Waals surface area contributed by atoms with E-state index in [0.29, 0.717) is 21.5 Å². The Bertz CT molecular complexity index is 4270. The molecule has 17 N–H and O–H groups in total. The number of fused-ring (bicyclic) bond motifs is 7. The number of aromatic nitrogens is 1. The highest BCUT2D eigenvalue weighted by Gasteiger charge is 2.45. The van der Waals surface area contributed by atoms with E-state index in [1.54, 1.807) is 24.3 Å². The van der Waals surface area contributed by atoms with Crippen molar-refractivity contribution in [3.8, 4) is 22.5 Å². The lowest BCUT2D eigenvalue weighted by Crippen LogP contribution is -2.62. The molecule has 34 heteroatoms. The van der Waals surface area contributed by atoms with E-state index < -0.39 is 190 Å². The minimum Gasteiger partial charge on any atom is -0.478 e. The molecular weight excluding hydrogens is 1240 g/mol. The van der Waals surface area contributed by atoms with Gasteiger partial charge in [-0.3, -0.25) is 52.9 Å². The summed E-state index contributed by atoms with van der Waals surface area (Å²) in [6.07, 6.45) is -4.31. The quantitative estimate of drug-likeness (QED) is 0.0420. The van der Waals surface area contributed by atoms with Crippen LogP contribution >= 0.6 is 11.8 Å². The highest BCUT2D eigenvalue weighted by Crippen LogP contribution is 2.46. The SMILES string of the molecule is CC1NC(=O)C(CC(C)(O)CNC(=O)c2ccc(-c3c4ccc(=N)c(S(=O)(=O)O)c-4oc4c(S(=O)(=O)O)c(N)ccc34)c(C(=O)O)c2)NC(=O)C2Cc3c([nH]c4ccccc34)SCC(NC(=O)C(C(C)O)NC1=O)C(=O)N1CC(O)CC1C(=O)NC(C)C(=O)N2. The summed E-state index contributed by atoms with van der Waals surface area (Å²) in [7, 11) is -10.7. The molecule has 1 aromatic heterocycles. The van der Waals surface area contributed by atoms with Gasteiger partial charge in [-0.25, -0.2) is 4.79 Å². The van der Waals surface area contributed by atoms with E-state index in [-0.39, 0.29) is 47.2 Å². The Morgan fingerprint density at radius 2 is 1.46 bits per heavy atom. The molecule has 10 unspecified atom stereocenters. The summed E-state index contributed by atoms with van der Waals surface area (Å²) in [6.45, 7) is 3.61. The van der Waals surface area contributed by atoms with Gasteiger partial charge in [0.25, 0.3) is 26.1 Å². The number of aromatic carboxylic acids is 1. The summed E-state index contributed by atoms with van der Waals surface area (Å²) in [6, 6.07) is 2.75. The van der Waals surface area contributed by atoms with Crippen LogP contribution in [-0.2, 0) is 60.2 Å². The van der Waals surface area contributed by atoms with Crippen LogP contribution in [0.2, 0.25) is 0 Å². The van der Waals surface area contributed by atoms with Crippen LogP contribution in [0.3, 0.4) is 0 Å². The van der Waals surface area contributed by atoms with Crippen molar-refractivity contribution in [3.63, 3.8) is 0 Å². The first-order chi connectivity index (χ1) is 42.1. The summed E-state index contributed by atoms with van der Waals surface area (Å²) in [4.78, 5) is 130. The molecule has 1 aliphatic carbocycles. The summed E-state index contributed by atoms with van der Waals surface area (Å²) in [5, 5.41) is 69.9. The number of rotatable bonds is 10. The monoisotopic (exact) mass is 1300 g/mol. The van der Waals surface area contributed by atoms with E-state index in [4.69, 9.17) is 15.6 Å². The molecule has 0 radical (unpaired) electrons. The number of anilines is 1. The van der Waals surface area contributed by atoms with E-state index in [9.17, 15) is 89.5 Å². The van der Waals surface area contributed by atoms with E-state index in [0.717, 1.165) is 73.0 Å². The van der Waals surface area contributed by atoms with Crippen LogP contribution in [0.1, 0.15) is 66.8 Å². The Balaban J connectivity index is 1.07. The molecule has 31 nitrogen and oxygen atoms in total. The van der Waals surface area contributed by atoms with E-state index >= 15 is 0 Å². The number of carbonyl (C=O) groups excluding carboxylic acids is 8. The van der Waals surface area contributed by atoms with Crippen molar-refractivity contribution < 1.29 is 93.9 Å². The molecule has 90 heavy (non-hydrogen) atoms. The zero-order chi connectivity index (χ0) is 65.8. The zero-order valence-electron chi connectivity index (χ0n) is 47.9. The summed E-state index contributed by atoms with van der Waals surface area (Å²) >= 11 is 0.992. The number of H-pyrrole nitrogens is 1. The van der Waals surface area contributed by atoms with Crippen LogP contribution in [0.5, 0.6) is 0 Å². The Hall–Kier alpha value is -9.03. The van der Waals surface area contributed by atoms with Gasteiger partial charge in [-0.15, -0.1) is 11.8 Å². The normalized spacial score (nSPS) is 23.7. The molecule has 8 amide bonds. The standard InChI is InChI=1S/C56H61N11O20S3/c1-22-46(70)62-36-17-31-27-7-5-6-8-35(27)65-53(31)88-20-38(54(77)67-19-26(69)16-39(67)51(75)61-22)64-52(76)41(24(3)68)66-47(71)23(2)60-50(74)37(63-49(36)73)18-56(4,80)21-59-48(72)25-9-10-28(32(15-25)55(78)79)40-29-11-13-33(57)44(89(81,82)83)42(29)87-43-30(40)12-14-34(58)45(43)90(84,85)86/h5-15,22-24,26,36-39,41,57,65,68-69,80H,16-21,58H2,1-4H3,(H,59,72)(H,60,74)(H,61,75)(H,62,70)(H,63,73)(H,64,76)(H,66,71)(H,78,79)(H,81,82,83)(H,84,85,86). The number of hydrogen-bond donors (Lipinski definition) is 16. The lowest BCUT2D eigenvalue weighted by molar-refractivity contribution is -0.142. The number of thioether (sulfide) groups is 1. The van der Waals surface area contributed by atoms with Gasteiger partial charge < -0.3 is 77.7 Å². The number of amides is 8. The first kappa shape index (κ1) is 65.4. The fraction of sp³-hybridized carbons (Fsp3) is 0.357. The van der Waals surface area contributed by atoms with Gasteiger partial charge in [0, 0.05) is 71.1 Å². The number of aliphatic hydroxyl groups excluding tert-OH is 2. The third-order valence-corrected chi connectivity index (χ3v) is 18.5. The number of nitrogen functional groups attached to an aromatic ring is 1. The summed E-state index contributed by atoms with van der Waals surface area (Å²) in [5.74, 6) is -11.0. The van der Waals surface area contributed by atoms with Gasteiger partial charge in [-0.2, -0.15) is 16.8 Å². The van der Waals surface area contributed by atoms with E-state index in [1.807, 2.05) is 0 Å². The molecule has 10 atom stereocenters. The number of nitrogens with zero attached hydrogens (tertiary/aromatic N) is 1. The number of nitrogens with two attached hydrogens (primary N) is 1. The minimum absolute atomic E-state index is 0.275. The highest BCUT2D eigenvalue weighted by molar-refractivity contribution is 7.99. The molecular formula is C56H61N11O20S3. The fourth-order valence-corrected chi connectivity index (χ4v) is 13.6. The molecule has 9 rings (SSSR count). The average molecular weight is 1300 g/mol. The van der Waals surface area contributed by atoms with E-state index in [1.165, 1.54) is 13.8 Å². The van der Waals surface area contributed by atoms with Gasteiger partial charge in [-0.05, 0) is 81.3 Å². The second kappa shape index (κ2) is 25.1. The van der Waals surface area contributed by atoms with Crippen LogP contribution in [0.25, 0.3) is 44.3 Å². The molecule has 5 aliphatic rings. The van der Waals surface area contributed by atoms with Gasteiger partial charge in [0.05, 0.1) is 39.4 Å². The number of benzene rings is 4. The van der Waals surface area contributed by atoms with Crippen molar-refractivity contribution in [3.05, 3.63) is 88.8 Å². The first-order valence-electron chi connectivity index (χ1n) is 27.5. The molecule has 1 fully saturated rings. The molecule has 1 saturated heterocycles. The van der Waals surface area contributed by atoms with Gasteiger partial charge in [0.1, 0.15) is 42.3 Å². The molecule has 4 aromatic rings. The van der Waals surface area contributed by atoms with E-state index in [2.05, 4.69) is 42.2 Å². The van der Waals surface area contributed by atoms with Crippen LogP contribution in [-0.4, -0.2) is 188 Å². The predicted molar refractivity (Wildman–Crippen MR) is 316 cm³/mol. The number of hydrogen-bond acceptors (Lipinski definition) is 20. The molecule has 5 heterocycles. The van der Waals surface area contributed by atoms with Crippen molar-refractivity contribution in [2.45, 2.75) is 122 Å². The van der Waals surface area contributed by atoms with Gasteiger partial charge >= 0.3 is 5.97 Å². The van der Waals surface area contributed by atoms with Crippen LogP contribution < -0.4 is 48.3 Å². The van der Waals surface area contributed by atoms with Crippen molar-refractivity contribution in [1.82, 2.24) is 47.1 Å². The number of aromatic amines is 1. The van der Waals surface area contributed by atoms with Gasteiger partial charge in [0.15, 0.2) is 21.1 Å². The van der Waals surface area contributed by atoms with Crippen molar-refractivity contribution in [2.75, 3.05) is 24.6 Å². The number of nitrogens with one attached hydrogen (secondary N) is 9. The molecule has 4 aliphatic heterocycles. The molecule has 2 bridgehead atoms. The fourth-order valence-electron chi connectivity index (χ4n) is 11.0. The Morgan fingerprint density at radius 1 is 0.811 bits per heavy atom. The number of carbonyl (C=O) groups is 9. The number of para-hydroxylation sites is 1. The summed E-state index contributed by atoms with van der Waals surface area (Å²) in [5.41, 5.74) is 1.08. The molecule has 478 valence electrons. The second-order valence-corrected chi connectivity index (χ2v) is 26.1. The van der Waals surface area contributed by atoms with Crippen LogP contribution in [0.15, 0.2) is 86.0 Å². The third kappa shape index (κ3) is 13.4. The maximum atomic E-state index is 15.0. The molecule has 3 aromatic carbocycles. The third-order valence-electron chi connectivity index (χ3n) is 15.5. The Kier molecular flexibility index (Phi) is 18.2.